The fourth-order valence-electron chi connectivity index (χ4n) is 1.98. The van der Waals surface area contributed by atoms with E-state index in [-0.39, 0.29) is 6.04 Å². The van der Waals surface area contributed by atoms with Crippen LogP contribution in [0.1, 0.15) is 38.2 Å². The molecule has 1 heterocycles. The van der Waals surface area contributed by atoms with Gasteiger partial charge in [-0.2, -0.15) is 0 Å². The number of carbonyl (C=O) groups is 1. The first kappa shape index (κ1) is 15.1. The molecule has 2 rings (SSSR count). The Morgan fingerprint density at radius 1 is 1.33 bits per heavy atom. The van der Waals surface area contributed by atoms with E-state index in [0.29, 0.717) is 12.2 Å². The van der Waals surface area contributed by atoms with E-state index < -0.39 is 11.7 Å². The van der Waals surface area contributed by atoms with Crippen LogP contribution in [0.3, 0.4) is 0 Å². The van der Waals surface area contributed by atoms with Gasteiger partial charge in [0.05, 0.1) is 6.04 Å². The minimum Gasteiger partial charge on any atom is -0.444 e. The third-order valence-corrected chi connectivity index (χ3v) is 2.82. The number of hydrogen-bond acceptors (Lipinski definition) is 3. The highest BCUT2D eigenvalue weighted by Crippen LogP contribution is 2.16. The zero-order chi connectivity index (χ0) is 15.3. The van der Waals surface area contributed by atoms with Crippen LogP contribution in [0.15, 0.2) is 42.7 Å². The summed E-state index contributed by atoms with van der Waals surface area (Å²) in [6.45, 7) is 5.52. The first-order chi connectivity index (χ1) is 9.94. The van der Waals surface area contributed by atoms with Crippen LogP contribution in [0.4, 0.5) is 4.79 Å². The molecule has 5 nitrogen and oxygen atoms in total. The molecule has 0 saturated heterocycles. The lowest BCUT2D eigenvalue weighted by atomic mass is 10.1. The van der Waals surface area contributed by atoms with Crippen LogP contribution in [0.2, 0.25) is 0 Å². The Hall–Kier alpha value is -2.30. The first-order valence-electron chi connectivity index (χ1n) is 6.97. The normalized spacial score (nSPS) is 12.7. The summed E-state index contributed by atoms with van der Waals surface area (Å²) < 4.78 is 5.31. The number of carbonyl (C=O) groups excluding carboxylic acids is 1. The molecule has 2 N–H and O–H groups in total. The number of amides is 1. The van der Waals surface area contributed by atoms with Crippen LogP contribution in [0.25, 0.3) is 0 Å². The monoisotopic (exact) mass is 287 g/mol. The zero-order valence-corrected chi connectivity index (χ0v) is 12.6. The number of aromatic amines is 1. The van der Waals surface area contributed by atoms with Gasteiger partial charge in [-0.15, -0.1) is 0 Å². The van der Waals surface area contributed by atoms with Gasteiger partial charge >= 0.3 is 6.09 Å². The summed E-state index contributed by atoms with van der Waals surface area (Å²) in [6.07, 6.45) is 3.61. The maximum absolute atomic E-state index is 12.0. The predicted octanol–water partition coefficient (Wildman–Crippen LogP) is 3.22. The van der Waals surface area contributed by atoms with Crippen LogP contribution in [0.5, 0.6) is 0 Å². The van der Waals surface area contributed by atoms with E-state index >= 15 is 0 Å². The quantitative estimate of drug-likeness (QED) is 0.907. The maximum atomic E-state index is 12.0. The smallest absolute Gasteiger partial charge is 0.408 e. The lowest BCUT2D eigenvalue weighted by molar-refractivity contribution is 0.0501. The molecule has 0 saturated carbocycles. The highest BCUT2D eigenvalue weighted by Gasteiger charge is 2.22. The Morgan fingerprint density at radius 2 is 2.05 bits per heavy atom. The first-order valence-corrected chi connectivity index (χ1v) is 6.97. The molecule has 0 aliphatic carbocycles. The molecular weight excluding hydrogens is 266 g/mol. The lowest BCUT2D eigenvalue weighted by Gasteiger charge is -2.23. The number of alkyl carbamates (subject to hydrolysis) is 1. The summed E-state index contributed by atoms with van der Waals surface area (Å²) in [6, 6.07) is 9.70. The Balaban J connectivity index is 2.08. The van der Waals surface area contributed by atoms with E-state index in [1.54, 1.807) is 12.4 Å². The number of hydrogen-bond donors (Lipinski definition) is 2. The maximum Gasteiger partial charge on any atom is 0.408 e. The third-order valence-electron chi connectivity index (χ3n) is 2.82. The molecule has 0 radical (unpaired) electrons. The molecule has 0 aliphatic heterocycles. The molecule has 1 unspecified atom stereocenters. The molecule has 0 spiro atoms. The van der Waals surface area contributed by atoms with Gasteiger partial charge in [-0.1, -0.05) is 30.3 Å². The van der Waals surface area contributed by atoms with Gasteiger partial charge in [0.15, 0.2) is 0 Å². The van der Waals surface area contributed by atoms with Gasteiger partial charge in [0, 0.05) is 18.8 Å². The molecule has 21 heavy (non-hydrogen) atoms. The molecule has 1 aromatic carbocycles. The minimum atomic E-state index is -0.523. The predicted molar refractivity (Wildman–Crippen MR) is 80.8 cm³/mol. The van der Waals surface area contributed by atoms with Gasteiger partial charge in [0.1, 0.15) is 11.4 Å². The summed E-state index contributed by atoms with van der Waals surface area (Å²) in [5.41, 5.74) is 0.597. The van der Waals surface area contributed by atoms with Crippen molar-refractivity contribution in [2.24, 2.45) is 0 Å². The van der Waals surface area contributed by atoms with Crippen LogP contribution in [0, 0.1) is 0 Å². The van der Waals surface area contributed by atoms with Crippen molar-refractivity contribution in [2.75, 3.05) is 0 Å². The highest BCUT2D eigenvalue weighted by molar-refractivity contribution is 5.68. The number of H-pyrrole nitrogens is 1. The van der Waals surface area contributed by atoms with Gasteiger partial charge in [0.25, 0.3) is 0 Å². The fraction of sp³-hybridized carbons (Fsp3) is 0.375. The van der Waals surface area contributed by atoms with Crippen molar-refractivity contribution in [2.45, 2.75) is 38.8 Å². The van der Waals surface area contributed by atoms with Crippen LogP contribution < -0.4 is 5.32 Å². The Kier molecular flexibility index (Phi) is 4.62. The number of benzene rings is 1. The molecular formula is C16H21N3O2. The molecule has 0 fully saturated rings. The van der Waals surface area contributed by atoms with Crippen molar-refractivity contribution in [1.29, 1.82) is 0 Å². The van der Waals surface area contributed by atoms with E-state index in [0.717, 1.165) is 5.56 Å². The number of nitrogens with one attached hydrogen (secondary N) is 2. The molecule has 1 amide bonds. The summed E-state index contributed by atoms with van der Waals surface area (Å²) in [5.74, 6) is 0.713. The largest absolute Gasteiger partial charge is 0.444 e. The molecule has 112 valence electrons. The fourth-order valence-corrected chi connectivity index (χ4v) is 1.98. The second-order valence-electron chi connectivity index (χ2n) is 5.86. The third kappa shape index (κ3) is 4.95. The van der Waals surface area contributed by atoms with E-state index in [4.69, 9.17) is 4.74 Å². The van der Waals surface area contributed by atoms with Gasteiger partial charge in [0.2, 0.25) is 0 Å². The lowest BCUT2D eigenvalue weighted by Crippen LogP contribution is -2.36. The SMILES string of the molecule is CC(C)(C)OC(=O)NC(Cc1ccccc1)c1ncc[nH]1. The molecule has 0 bridgehead atoms. The van der Waals surface area contributed by atoms with Crippen molar-refractivity contribution >= 4 is 6.09 Å². The molecule has 1 aromatic heterocycles. The van der Waals surface area contributed by atoms with Crippen molar-refractivity contribution < 1.29 is 9.53 Å². The second kappa shape index (κ2) is 6.43. The van der Waals surface area contributed by atoms with E-state index in [2.05, 4.69) is 15.3 Å². The average molecular weight is 287 g/mol. The minimum absolute atomic E-state index is 0.253. The Labute approximate surface area is 124 Å². The van der Waals surface area contributed by atoms with E-state index in [9.17, 15) is 4.79 Å². The summed E-state index contributed by atoms with van der Waals surface area (Å²) in [7, 11) is 0. The summed E-state index contributed by atoms with van der Waals surface area (Å²) in [4.78, 5) is 19.3. The van der Waals surface area contributed by atoms with Crippen molar-refractivity contribution in [3.63, 3.8) is 0 Å². The van der Waals surface area contributed by atoms with Crippen LogP contribution >= 0.6 is 0 Å². The topological polar surface area (TPSA) is 67.0 Å². The second-order valence-corrected chi connectivity index (χ2v) is 5.86. The van der Waals surface area contributed by atoms with Gasteiger partial charge in [-0.25, -0.2) is 9.78 Å². The number of ether oxygens (including phenoxy) is 1. The number of nitrogens with zero attached hydrogens (tertiary/aromatic N) is 1. The van der Waals surface area contributed by atoms with Crippen molar-refractivity contribution in [3.05, 3.63) is 54.1 Å². The zero-order valence-electron chi connectivity index (χ0n) is 12.6. The average Bonchev–Trinajstić information content (AvgIpc) is 2.90. The van der Waals surface area contributed by atoms with Crippen molar-refractivity contribution in [1.82, 2.24) is 15.3 Å². The van der Waals surface area contributed by atoms with Crippen LogP contribution in [-0.4, -0.2) is 21.7 Å². The Morgan fingerprint density at radius 3 is 2.62 bits per heavy atom. The Bertz CT molecular complexity index is 559. The van der Waals surface area contributed by atoms with Crippen molar-refractivity contribution in [3.8, 4) is 0 Å². The number of aromatic nitrogens is 2. The molecule has 0 aliphatic rings. The summed E-state index contributed by atoms with van der Waals surface area (Å²) in [5, 5.41) is 2.87. The molecule has 2 aromatic rings. The van der Waals surface area contributed by atoms with Gasteiger partial charge < -0.3 is 15.0 Å². The number of rotatable bonds is 4. The molecule has 1 atom stereocenters. The van der Waals surface area contributed by atoms with E-state index in [1.165, 1.54) is 0 Å². The highest BCUT2D eigenvalue weighted by atomic mass is 16.6. The number of imidazole rings is 1. The van der Waals surface area contributed by atoms with Crippen LogP contribution in [-0.2, 0) is 11.2 Å². The summed E-state index contributed by atoms with van der Waals surface area (Å²) >= 11 is 0. The van der Waals surface area contributed by atoms with Gasteiger partial charge in [-0.05, 0) is 26.3 Å². The van der Waals surface area contributed by atoms with Gasteiger partial charge in [-0.3, -0.25) is 0 Å². The standard InChI is InChI=1S/C16H21N3O2/c1-16(2,3)21-15(20)19-13(14-17-9-10-18-14)11-12-7-5-4-6-8-12/h4-10,13H,11H2,1-3H3,(H,17,18)(H,19,20). The molecule has 5 heteroatoms. The van der Waals surface area contributed by atoms with E-state index in [1.807, 2.05) is 51.1 Å².